The minimum Gasteiger partial charge on any atom is -0.399 e. The summed E-state index contributed by atoms with van der Waals surface area (Å²) in [5, 5.41) is 0. The first-order chi connectivity index (χ1) is 9.78. The number of aryl methyl sites for hydroxylation is 1. The monoisotopic (exact) mass is 317 g/mol. The third kappa shape index (κ3) is 5.54. The standard InChI is InChI=1S/C10H22.C8H8F3N/c1-7-9(3,4)10(5,6)8-2;1-5-4-6(8(9,10)11)2-3-7(5)12/h7-8H2,1-6H3;2-4H,12H2,1H3. The van der Waals surface area contributed by atoms with E-state index in [1.807, 2.05) is 0 Å². The largest absolute Gasteiger partial charge is 0.416 e. The van der Waals surface area contributed by atoms with Crippen molar-refractivity contribution in [1.29, 1.82) is 0 Å². The molecule has 0 saturated carbocycles. The van der Waals surface area contributed by atoms with Gasteiger partial charge in [0.2, 0.25) is 0 Å². The number of hydrogen-bond donors (Lipinski definition) is 1. The van der Waals surface area contributed by atoms with Crippen LogP contribution >= 0.6 is 0 Å². The Bertz CT molecular complexity index is 460. The topological polar surface area (TPSA) is 26.0 Å². The van der Waals surface area contributed by atoms with Crippen LogP contribution in [0.4, 0.5) is 18.9 Å². The SMILES string of the molecule is CCC(C)(C)C(C)(C)CC.Cc1cc(C(F)(F)F)ccc1N. The smallest absolute Gasteiger partial charge is 0.399 e. The van der Waals surface area contributed by atoms with Gasteiger partial charge in [0.1, 0.15) is 0 Å². The molecule has 0 fully saturated rings. The average Bonchev–Trinajstić information content (AvgIpc) is 2.41. The van der Waals surface area contributed by atoms with Crippen LogP contribution in [0.3, 0.4) is 0 Å². The van der Waals surface area contributed by atoms with Gasteiger partial charge >= 0.3 is 6.18 Å². The molecule has 0 atom stereocenters. The third-order valence-electron chi connectivity index (χ3n) is 5.20. The van der Waals surface area contributed by atoms with E-state index in [1.54, 1.807) is 6.92 Å². The number of alkyl halides is 3. The molecule has 0 amide bonds. The van der Waals surface area contributed by atoms with Crippen LogP contribution in [-0.4, -0.2) is 0 Å². The van der Waals surface area contributed by atoms with Crippen LogP contribution < -0.4 is 5.73 Å². The van der Waals surface area contributed by atoms with Crippen molar-refractivity contribution in [2.75, 3.05) is 5.73 Å². The van der Waals surface area contributed by atoms with Gasteiger partial charge in [0, 0.05) is 5.69 Å². The fourth-order valence-corrected chi connectivity index (χ4v) is 1.81. The van der Waals surface area contributed by atoms with Crippen LogP contribution in [0, 0.1) is 17.8 Å². The molecule has 22 heavy (non-hydrogen) atoms. The molecule has 0 aromatic heterocycles. The van der Waals surface area contributed by atoms with Gasteiger partial charge in [0.05, 0.1) is 5.56 Å². The van der Waals surface area contributed by atoms with Gasteiger partial charge in [-0.25, -0.2) is 0 Å². The van der Waals surface area contributed by atoms with Crippen molar-refractivity contribution in [2.24, 2.45) is 10.8 Å². The van der Waals surface area contributed by atoms with Gasteiger partial charge in [-0.15, -0.1) is 0 Å². The van der Waals surface area contributed by atoms with E-state index in [2.05, 4.69) is 41.5 Å². The van der Waals surface area contributed by atoms with Crippen molar-refractivity contribution in [3.05, 3.63) is 29.3 Å². The van der Waals surface area contributed by atoms with Gasteiger partial charge in [-0.2, -0.15) is 13.2 Å². The zero-order valence-electron chi connectivity index (χ0n) is 14.9. The molecule has 1 aromatic rings. The second kappa shape index (κ2) is 7.38. The van der Waals surface area contributed by atoms with Crippen molar-refractivity contribution >= 4 is 5.69 Å². The summed E-state index contributed by atoms with van der Waals surface area (Å²) in [5.41, 5.74) is 6.51. The van der Waals surface area contributed by atoms with Crippen molar-refractivity contribution in [3.63, 3.8) is 0 Å². The molecule has 1 rings (SSSR count). The first kappa shape index (κ1) is 20.8. The summed E-state index contributed by atoms with van der Waals surface area (Å²) in [5.74, 6) is 0. The number of nitrogens with two attached hydrogens (primary N) is 1. The predicted octanol–water partition coefficient (Wildman–Crippen LogP) is 6.45. The molecule has 0 radical (unpaired) electrons. The fraction of sp³-hybridized carbons (Fsp3) is 0.667. The van der Waals surface area contributed by atoms with E-state index in [0.29, 0.717) is 22.1 Å². The van der Waals surface area contributed by atoms with E-state index < -0.39 is 11.7 Å². The van der Waals surface area contributed by atoms with Gasteiger partial charge in [-0.3, -0.25) is 0 Å². The van der Waals surface area contributed by atoms with Gasteiger partial charge in [0.15, 0.2) is 0 Å². The first-order valence-corrected chi connectivity index (χ1v) is 7.71. The lowest BCUT2D eigenvalue weighted by atomic mass is 9.65. The quantitative estimate of drug-likeness (QED) is 0.636. The fourth-order valence-electron chi connectivity index (χ4n) is 1.81. The molecule has 4 heteroatoms. The molecule has 1 nitrogen and oxygen atoms in total. The van der Waals surface area contributed by atoms with Crippen molar-refractivity contribution in [2.45, 2.75) is 67.5 Å². The lowest BCUT2D eigenvalue weighted by molar-refractivity contribution is -0.137. The molecular weight excluding hydrogens is 287 g/mol. The summed E-state index contributed by atoms with van der Waals surface area (Å²) in [4.78, 5) is 0. The number of anilines is 1. The highest BCUT2D eigenvalue weighted by atomic mass is 19.4. The first-order valence-electron chi connectivity index (χ1n) is 7.71. The van der Waals surface area contributed by atoms with Gasteiger partial charge in [-0.1, -0.05) is 54.4 Å². The van der Waals surface area contributed by atoms with Gasteiger partial charge in [-0.05, 0) is 41.5 Å². The van der Waals surface area contributed by atoms with Crippen molar-refractivity contribution in [3.8, 4) is 0 Å². The van der Waals surface area contributed by atoms with Crippen LogP contribution in [0.5, 0.6) is 0 Å². The molecule has 0 heterocycles. The van der Waals surface area contributed by atoms with E-state index in [4.69, 9.17) is 5.73 Å². The van der Waals surface area contributed by atoms with E-state index in [9.17, 15) is 13.2 Å². The Hall–Kier alpha value is -1.19. The van der Waals surface area contributed by atoms with Crippen LogP contribution in [0.15, 0.2) is 18.2 Å². The summed E-state index contributed by atoms with van der Waals surface area (Å²) >= 11 is 0. The van der Waals surface area contributed by atoms with Gasteiger partial charge < -0.3 is 5.73 Å². The minimum atomic E-state index is -4.28. The van der Waals surface area contributed by atoms with Crippen molar-refractivity contribution in [1.82, 2.24) is 0 Å². The zero-order chi connectivity index (χ0) is 17.8. The number of nitrogen functional groups attached to an aromatic ring is 1. The number of hydrogen-bond acceptors (Lipinski definition) is 1. The lowest BCUT2D eigenvalue weighted by Gasteiger charge is -2.40. The highest BCUT2D eigenvalue weighted by molar-refractivity contribution is 5.48. The minimum absolute atomic E-state index is 0.378. The maximum atomic E-state index is 12.1. The maximum Gasteiger partial charge on any atom is 0.416 e. The normalized spacial score (nSPS) is 12.6. The highest BCUT2D eigenvalue weighted by Crippen LogP contribution is 2.43. The maximum absolute atomic E-state index is 12.1. The molecule has 0 aliphatic rings. The molecule has 1 aromatic carbocycles. The molecule has 0 aliphatic carbocycles. The van der Waals surface area contributed by atoms with Crippen LogP contribution in [0.1, 0.15) is 65.5 Å². The zero-order valence-corrected chi connectivity index (χ0v) is 14.9. The average molecular weight is 317 g/mol. The summed E-state index contributed by atoms with van der Waals surface area (Å²) in [6.45, 7) is 15.5. The molecule has 0 spiro atoms. The number of rotatable bonds is 3. The second-order valence-corrected chi connectivity index (χ2v) is 7.04. The molecular formula is C18H30F3N. The summed E-state index contributed by atoms with van der Waals surface area (Å²) in [6, 6.07) is 3.27. The van der Waals surface area contributed by atoms with Crippen molar-refractivity contribution < 1.29 is 13.2 Å². The van der Waals surface area contributed by atoms with Crippen LogP contribution in [-0.2, 0) is 6.18 Å². The van der Waals surface area contributed by atoms with Gasteiger partial charge in [0.25, 0.3) is 0 Å². The molecule has 0 unspecified atom stereocenters. The summed E-state index contributed by atoms with van der Waals surface area (Å²) in [6.07, 6.45) is -1.74. The number of benzene rings is 1. The number of halogens is 3. The Balaban J connectivity index is 0.000000409. The predicted molar refractivity (Wildman–Crippen MR) is 88.7 cm³/mol. The molecule has 0 aliphatic heterocycles. The Labute approximate surface area is 133 Å². The molecule has 0 bridgehead atoms. The Morgan fingerprint density at radius 2 is 1.32 bits per heavy atom. The molecule has 2 N–H and O–H groups in total. The van der Waals surface area contributed by atoms with E-state index >= 15 is 0 Å². The van der Waals surface area contributed by atoms with Crippen LogP contribution in [0.2, 0.25) is 0 Å². The second-order valence-electron chi connectivity index (χ2n) is 7.04. The highest BCUT2D eigenvalue weighted by Gasteiger charge is 2.33. The molecule has 128 valence electrons. The Kier molecular flexibility index (Phi) is 6.98. The third-order valence-corrected chi connectivity index (χ3v) is 5.20. The Morgan fingerprint density at radius 1 is 0.909 bits per heavy atom. The van der Waals surface area contributed by atoms with E-state index in [1.165, 1.54) is 18.9 Å². The Morgan fingerprint density at radius 3 is 1.59 bits per heavy atom. The summed E-state index contributed by atoms with van der Waals surface area (Å²) in [7, 11) is 0. The van der Waals surface area contributed by atoms with Crippen LogP contribution in [0.25, 0.3) is 0 Å². The van der Waals surface area contributed by atoms with E-state index in [0.717, 1.165) is 12.1 Å². The lowest BCUT2D eigenvalue weighted by Crippen LogP contribution is -2.30. The summed E-state index contributed by atoms with van der Waals surface area (Å²) < 4.78 is 36.2. The molecule has 0 saturated heterocycles. The van der Waals surface area contributed by atoms with E-state index in [-0.39, 0.29) is 0 Å².